The van der Waals surface area contributed by atoms with Crippen LogP contribution in [-0.4, -0.2) is 40.4 Å². The van der Waals surface area contributed by atoms with Crippen molar-refractivity contribution in [2.45, 2.75) is 0 Å². The van der Waals surface area contributed by atoms with E-state index in [0.717, 1.165) is 11.8 Å². The highest BCUT2D eigenvalue weighted by Gasteiger charge is 2.09. The van der Waals surface area contributed by atoms with Gasteiger partial charge in [0.15, 0.2) is 11.5 Å². The second-order valence-corrected chi connectivity index (χ2v) is 5.14. The molecule has 0 aliphatic carbocycles. The summed E-state index contributed by atoms with van der Waals surface area (Å²) in [5, 5.41) is 34.5. The molecule has 2 rings (SSSR count). The molecule has 8 heteroatoms. The molecule has 2 amide bonds. The zero-order valence-electron chi connectivity index (χ0n) is 13.8. The van der Waals surface area contributed by atoms with Crippen LogP contribution in [0.1, 0.15) is 21.5 Å². The highest BCUT2D eigenvalue weighted by Crippen LogP contribution is 2.36. The van der Waals surface area contributed by atoms with E-state index in [1.54, 1.807) is 30.3 Å². The summed E-state index contributed by atoms with van der Waals surface area (Å²) in [6.45, 7) is 0. The van der Waals surface area contributed by atoms with Crippen molar-refractivity contribution in [2.24, 2.45) is 5.10 Å². The first-order valence-electron chi connectivity index (χ1n) is 7.49. The number of hydrogen-bond acceptors (Lipinski definition) is 6. The molecule has 134 valence electrons. The molecule has 26 heavy (non-hydrogen) atoms. The van der Waals surface area contributed by atoms with Gasteiger partial charge in [-0.25, -0.2) is 5.43 Å². The number of carbonyl (C=O) groups is 2. The van der Waals surface area contributed by atoms with Crippen molar-refractivity contribution < 1.29 is 24.9 Å². The van der Waals surface area contributed by atoms with Crippen molar-refractivity contribution in [2.75, 3.05) is 7.05 Å². The molecule has 0 atom stereocenters. The van der Waals surface area contributed by atoms with Crippen molar-refractivity contribution in [1.82, 2.24) is 10.7 Å². The molecule has 0 heterocycles. The average Bonchev–Trinajstić information content (AvgIpc) is 2.66. The summed E-state index contributed by atoms with van der Waals surface area (Å²) in [5.74, 6) is -2.39. The summed E-state index contributed by atoms with van der Waals surface area (Å²) in [6, 6.07) is 8.98. The Bertz CT molecular complexity index is 873. The van der Waals surface area contributed by atoms with E-state index in [1.165, 1.54) is 25.3 Å². The van der Waals surface area contributed by atoms with Crippen LogP contribution in [0.5, 0.6) is 17.2 Å². The van der Waals surface area contributed by atoms with Crippen LogP contribution in [0.2, 0.25) is 0 Å². The molecular formula is C18H17N3O5. The lowest BCUT2D eigenvalue weighted by atomic mass is 10.1. The molecule has 5 N–H and O–H groups in total. The van der Waals surface area contributed by atoms with Crippen LogP contribution >= 0.6 is 0 Å². The van der Waals surface area contributed by atoms with Gasteiger partial charge in [0.25, 0.3) is 5.91 Å². The van der Waals surface area contributed by atoms with Crippen molar-refractivity contribution in [1.29, 1.82) is 0 Å². The topological polar surface area (TPSA) is 131 Å². The summed E-state index contributed by atoms with van der Waals surface area (Å²) in [5.41, 5.74) is 3.49. The number of rotatable bonds is 5. The third-order valence-electron chi connectivity index (χ3n) is 3.38. The Morgan fingerprint density at radius 3 is 2.35 bits per heavy atom. The minimum atomic E-state index is -0.666. The minimum absolute atomic E-state index is 0.121. The number of carbonyl (C=O) groups excluding carboxylic acids is 2. The number of nitrogens with one attached hydrogen (secondary N) is 2. The monoisotopic (exact) mass is 355 g/mol. The maximum absolute atomic E-state index is 12.0. The van der Waals surface area contributed by atoms with Crippen LogP contribution in [0.4, 0.5) is 0 Å². The van der Waals surface area contributed by atoms with Crippen LogP contribution in [0.25, 0.3) is 6.08 Å². The van der Waals surface area contributed by atoms with E-state index in [1.807, 2.05) is 0 Å². The molecular weight excluding hydrogens is 338 g/mol. The molecule has 0 unspecified atom stereocenters. The molecule has 0 saturated heterocycles. The van der Waals surface area contributed by atoms with Crippen LogP contribution < -0.4 is 10.7 Å². The van der Waals surface area contributed by atoms with Crippen molar-refractivity contribution >= 4 is 24.1 Å². The van der Waals surface area contributed by atoms with E-state index >= 15 is 0 Å². The fourth-order valence-electron chi connectivity index (χ4n) is 1.91. The van der Waals surface area contributed by atoms with Gasteiger partial charge in [0, 0.05) is 24.3 Å². The predicted molar refractivity (Wildman–Crippen MR) is 96.0 cm³/mol. The number of phenols is 3. The zero-order chi connectivity index (χ0) is 19.1. The Labute approximate surface area is 149 Å². The third kappa shape index (κ3) is 4.60. The van der Waals surface area contributed by atoms with Gasteiger partial charge >= 0.3 is 0 Å². The molecule has 0 spiro atoms. The molecule has 0 saturated carbocycles. The van der Waals surface area contributed by atoms with Gasteiger partial charge in [0.2, 0.25) is 11.7 Å². The molecule has 0 fully saturated rings. The third-order valence-corrected chi connectivity index (χ3v) is 3.38. The number of benzene rings is 2. The van der Waals surface area contributed by atoms with Crippen LogP contribution in [0.15, 0.2) is 47.6 Å². The van der Waals surface area contributed by atoms with Crippen molar-refractivity contribution in [3.05, 3.63) is 59.2 Å². The molecule has 0 aromatic heterocycles. The zero-order valence-corrected chi connectivity index (χ0v) is 13.8. The smallest absolute Gasteiger partial charge is 0.271 e. The molecule has 0 bridgehead atoms. The number of likely N-dealkylation sites (N-methyl/N-ethyl adjacent to an activating group) is 1. The van der Waals surface area contributed by atoms with Gasteiger partial charge in [-0.15, -0.1) is 0 Å². The number of amides is 2. The van der Waals surface area contributed by atoms with E-state index in [9.17, 15) is 24.9 Å². The van der Waals surface area contributed by atoms with E-state index in [-0.39, 0.29) is 11.5 Å². The SMILES string of the molecule is CNC(=O)/C=C/c1ccc(C(=O)N/N=C/c2ccc(O)c(O)c2O)cc1. The van der Waals surface area contributed by atoms with Crippen LogP contribution in [-0.2, 0) is 4.79 Å². The lowest BCUT2D eigenvalue weighted by molar-refractivity contribution is -0.115. The molecule has 2 aromatic carbocycles. The average molecular weight is 355 g/mol. The molecule has 8 nitrogen and oxygen atoms in total. The van der Waals surface area contributed by atoms with E-state index in [2.05, 4.69) is 15.8 Å². The van der Waals surface area contributed by atoms with E-state index in [4.69, 9.17) is 0 Å². The fourth-order valence-corrected chi connectivity index (χ4v) is 1.91. The number of hydrogen-bond donors (Lipinski definition) is 5. The predicted octanol–water partition coefficient (Wildman–Crippen LogP) is 1.33. The molecule has 0 aliphatic rings. The van der Waals surface area contributed by atoms with Crippen LogP contribution in [0, 0.1) is 0 Å². The van der Waals surface area contributed by atoms with E-state index < -0.39 is 23.2 Å². The maximum Gasteiger partial charge on any atom is 0.271 e. The number of aromatic hydroxyl groups is 3. The van der Waals surface area contributed by atoms with Gasteiger partial charge in [0.1, 0.15) is 0 Å². The first kappa shape index (κ1) is 18.5. The first-order chi connectivity index (χ1) is 12.4. The van der Waals surface area contributed by atoms with Gasteiger partial charge in [-0.05, 0) is 35.9 Å². The van der Waals surface area contributed by atoms with Gasteiger partial charge in [-0.3, -0.25) is 9.59 Å². The number of hydrazone groups is 1. The lowest BCUT2D eigenvalue weighted by Crippen LogP contribution is -2.17. The Hall–Kier alpha value is -3.81. The Morgan fingerprint density at radius 2 is 1.69 bits per heavy atom. The largest absolute Gasteiger partial charge is 0.504 e. The second-order valence-electron chi connectivity index (χ2n) is 5.14. The normalized spacial score (nSPS) is 11.0. The van der Waals surface area contributed by atoms with Gasteiger partial charge in [0.05, 0.1) is 6.21 Å². The summed E-state index contributed by atoms with van der Waals surface area (Å²) in [4.78, 5) is 23.1. The highest BCUT2D eigenvalue weighted by molar-refractivity contribution is 5.96. The van der Waals surface area contributed by atoms with Gasteiger partial charge in [-0.1, -0.05) is 12.1 Å². The summed E-state index contributed by atoms with van der Waals surface area (Å²) >= 11 is 0. The second kappa shape index (κ2) is 8.34. The van der Waals surface area contributed by atoms with E-state index in [0.29, 0.717) is 5.56 Å². The first-order valence-corrected chi connectivity index (χ1v) is 7.49. The summed E-state index contributed by atoms with van der Waals surface area (Å²) in [7, 11) is 1.53. The number of phenolic OH excluding ortho intramolecular Hbond substituents is 3. The fraction of sp³-hybridized carbons (Fsp3) is 0.0556. The van der Waals surface area contributed by atoms with Gasteiger partial charge < -0.3 is 20.6 Å². The molecule has 0 aliphatic heterocycles. The van der Waals surface area contributed by atoms with Crippen LogP contribution in [0.3, 0.4) is 0 Å². The standard InChI is InChI=1S/C18H17N3O5/c1-19-15(23)9-4-11-2-5-12(6-3-11)18(26)21-20-10-13-7-8-14(22)17(25)16(13)24/h2-10,22,24-25H,1H3,(H,19,23)(H,21,26)/b9-4+,20-10+. The maximum atomic E-state index is 12.0. The quantitative estimate of drug-likeness (QED) is 0.239. The lowest BCUT2D eigenvalue weighted by Gasteiger charge is -2.04. The van der Waals surface area contributed by atoms with Crippen molar-refractivity contribution in [3.63, 3.8) is 0 Å². The molecule has 2 aromatic rings. The summed E-state index contributed by atoms with van der Waals surface area (Å²) < 4.78 is 0. The minimum Gasteiger partial charge on any atom is -0.504 e. The Morgan fingerprint density at radius 1 is 1.00 bits per heavy atom. The van der Waals surface area contributed by atoms with Crippen molar-refractivity contribution in [3.8, 4) is 17.2 Å². The summed E-state index contributed by atoms with van der Waals surface area (Å²) in [6.07, 6.45) is 4.12. The number of nitrogens with zero attached hydrogens (tertiary/aromatic N) is 1. The molecule has 0 radical (unpaired) electrons. The van der Waals surface area contributed by atoms with Gasteiger partial charge in [-0.2, -0.15) is 5.10 Å². The Kier molecular flexibility index (Phi) is 5.94. The highest BCUT2D eigenvalue weighted by atomic mass is 16.3. The Balaban J connectivity index is 2.01.